The van der Waals surface area contributed by atoms with E-state index in [1.54, 1.807) is 0 Å². The molecule has 0 aliphatic carbocycles. The number of nitrogens with zero attached hydrogens (tertiary/aromatic N) is 1. The fourth-order valence-corrected chi connectivity index (χ4v) is 11.6. The van der Waals surface area contributed by atoms with E-state index in [2.05, 4.69) is 20.8 Å². The van der Waals surface area contributed by atoms with Crippen molar-refractivity contribution in [3.63, 3.8) is 0 Å². The van der Waals surface area contributed by atoms with Crippen LogP contribution >= 0.6 is 0 Å². The molecule has 0 unspecified atom stereocenters. The summed E-state index contributed by atoms with van der Waals surface area (Å²) in [5.74, 6) is -0.190. The Morgan fingerprint density at radius 1 is 0.224 bits per heavy atom. The topological polar surface area (TPSA) is 57.2 Å². The number of hydrogen-bond acceptors (Lipinski definition) is 3. The van der Waals surface area contributed by atoms with Crippen molar-refractivity contribution in [2.24, 2.45) is 0 Å². The Balaban J connectivity index is 4.58. The third-order valence-corrected chi connectivity index (χ3v) is 16.5. The molecule has 404 valence electrons. The van der Waals surface area contributed by atoms with Crippen LogP contribution in [0.3, 0.4) is 0 Å². The van der Waals surface area contributed by atoms with E-state index in [-0.39, 0.29) is 5.75 Å². The highest BCUT2D eigenvalue weighted by Crippen LogP contribution is 2.22. The highest BCUT2D eigenvalue weighted by molar-refractivity contribution is 7.85. The molecule has 0 spiro atoms. The first kappa shape index (κ1) is 66.9. The molecule has 0 aliphatic rings. The van der Waals surface area contributed by atoms with Crippen molar-refractivity contribution < 1.29 is 17.5 Å². The molecular weight excluding hydrogens is 839 g/mol. The maximum atomic E-state index is 12.0. The summed E-state index contributed by atoms with van der Waals surface area (Å²) in [6.07, 6.45) is 74.7. The highest BCUT2D eigenvalue weighted by Gasteiger charge is 2.27. The SMILES string of the molecule is CCCCCCCCCCCCCCCCCCCC[N+](CCCCCCCCCCCCCCCCCCCC)(CCCCCCCCCCCCCCCCCCCC)CCS(=O)(=O)[O-]. The lowest BCUT2D eigenvalue weighted by molar-refractivity contribution is -0.926. The van der Waals surface area contributed by atoms with E-state index in [9.17, 15) is 13.0 Å². The second-order valence-electron chi connectivity index (χ2n) is 22.5. The van der Waals surface area contributed by atoms with Gasteiger partial charge in [0.2, 0.25) is 0 Å². The zero-order valence-corrected chi connectivity index (χ0v) is 47.6. The first-order chi connectivity index (χ1) is 32.9. The van der Waals surface area contributed by atoms with Gasteiger partial charge in [-0.05, 0) is 38.5 Å². The molecule has 0 heterocycles. The van der Waals surface area contributed by atoms with Gasteiger partial charge in [-0.1, -0.05) is 329 Å². The minimum absolute atomic E-state index is 0.190. The zero-order valence-electron chi connectivity index (χ0n) is 46.8. The average Bonchev–Trinajstić information content (AvgIpc) is 3.31. The quantitative estimate of drug-likeness (QED) is 0.0347. The zero-order chi connectivity index (χ0) is 48.7. The minimum atomic E-state index is -4.21. The lowest BCUT2D eigenvalue weighted by Crippen LogP contribution is -2.52. The molecule has 0 rings (SSSR count). The summed E-state index contributed by atoms with van der Waals surface area (Å²) >= 11 is 0. The summed E-state index contributed by atoms with van der Waals surface area (Å²) < 4.78 is 37.0. The molecule has 0 aromatic heterocycles. The van der Waals surface area contributed by atoms with Gasteiger partial charge in [-0.15, -0.1) is 0 Å². The van der Waals surface area contributed by atoms with Crippen LogP contribution < -0.4 is 0 Å². The molecule has 0 atom stereocenters. The Bertz CT molecular complexity index is 918. The molecule has 4 nitrogen and oxygen atoms in total. The summed E-state index contributed by atoms with van der Waals surface area (Å²) in [7, 11) is -4.21. The summed E-state index contributed by atoms with van der Waals surface area (Å²) in [5, 5.41) is 0. The number of hydrogen-bond donors (Lipinski definition) is 0. The molecule has 0 bridgehead atoms. The molecule has 0 saturated carbocycles. The minimum Gasteiger partial charge on any atom is -0.748 e. The third-order valence-electron chi connectivity index (χ3n) is 15.8. The fraction of sp³-hybridized carbons (Fsp3) is 1.00. The van der Waals surface area contributed by atoms with Crippen LogP contribution in [-0.4, -0.2) is 49.4 Å². The standard InChI is InChI=1S/C62H127NO3S/c1-4-7-10-13-16-19-22-25-28-31-34-37-40-43-46-49-52-55-58-63(61-62-67(64,65)66,59-56-53-50-47-44-41-38-35-32-29-26-23-20-17-14-11-8-5-2)60-57-54-51-48-45-42-39-36-33-30-27-24-21-18-15-12-9-6-3/h4-62H2,1-3H3. The van der Waals surface area contributed by atoms with Crippen molar-refractivity contribution in [3.8, 4) is 0 Å². The van der Waals surface area contributed by atoms with Gasteiger partial charge >= 0.3 is 0 Å². The predicted molar refractivity (Wildman–Crippen MR) is 301 cm³/mol. The first-order valence-corrected chi connectivity index (χ1v) is 33.3. The lowest BCUT2D eigenvalue weighted by atomic mass is 10.0. The molecular formula is C62H127NO3S. The second-order valence-corrected chi connectivity index (χ2v) is 24.1. The Kier molecular flexibility index (Phi) is 55.1. The van der Waals surface area contributed by atoms with Gasteiger partial charge in [-0.3, -0.25) is 0 Å². The molecule has 0 aliphatic heterocycles. The molecule has 0 aromatic carbocycles. The van der Waals surface area contributed by atoms with Gasteiger partial charge in [0.1, 0.15) is 10.1 Å². The van der Waals surface area contributed by atoms with Crippen LogP contribution in [0.2, 0.25) is 0 Å². The Morgan fingerprint density at radius 2 is 0.358 bits per heavy atom. The molecule has 0 saturated heterocycles. The average molecular weight is 967 g/mol. The lowest BCUT2D eigenvalue weighted by Gasteiger charge is -2.40. The Labute approximate surface area is 425 Å². The molecule has 5 heteroatoms. The maximum Gasteiger partial charge on any atom is 0.100 e. The summed E-state index contributed by atoms with van der Waals surface area (Å²) in [5.41, 5.74) is 0. The van der Waals surface area contributed by atoms with Crippen LogP contribution in [0.1, 0.15) is 367 Å². The van der Waals surface area contributed by atoms with Crippen molar-refractivity contribution in [2.75, 3.05) is 31.9 Å². The molecule has 67 heavy (non-hydrogen) atoms. The van der Waals surface area contributed by atoms with E-state index in [0.717, 1.165) is 24.1 Å². The number of rotatable bonds is 60. The maximum absolute atomic E-state index is 12.0. The molecule has 0 aromatic rings. The van der Waals surface area contributed by atoms with Gasteiger partial charge < -0.3 is 9.04 Å². The smallest absolute Gasteiger partial charge is 0.100 e. The van der Waals surface area contributed by atoms with E-state index in [4.69, 9.17) is 0 Å². The fourth-order valence-electron chi connectivity index (χ4n) is 11.0. The van der Waals surface area contributed by atoms with E-state index >= 15 is 0 Å². The molecule has 0 fully saturated rings. The Hall–Kier alpha value is -0.130. The van der Waals surface area contributed by atoms with Crippen molar-refractivity contribution in [1.29, 1.82) is 0 Å². The molecule has 0 radical (unpaired) electrons. The van der Waals surface area contributed by atoms with E-state index < -0.39 is 10.1 Å². The highest BCUT2D eigenvalue weighted by atomic mass is 32.2. The van der Waals surface area contributed by atoms with Crippen LogP contribution in [0.15, 0.2) is 0 Å². The third kappa shape index (κ3) is 55.0. The van der Waals surface area contributed by atoms with E-state index in [0.29, 0.717) is 6.54 Å². The normalized spacial score (nSPS) is 12.2. The van der Waals surface area contributed by atoms with Crippen LogP contribution in [0.25, 0.3) is 0 Å². The molecule has 0 amide bonds. The van der Waals surface area contributed by atoms with E-state index in [1.807, 2.05) is 0 Å². The summed E-state index contributed by atoms with van der Waals surface area (Å²) in [6, 6.07) is 0. The first-order valence-electron chi connectivity index (χ1n) is 31.7. The van der Waals surface area contributed by atoms with Crippen LogP contribution in [0.4, 0.5) is 0 Å². The molecule has 0 N–H and O–H groups in total. The van der Waals surface area contributed by atoms with Gasteiger partial charge in [-0.2, -0.15) is 0 Å². The predicted octanol–water partition coefficient (Wildman–Crippen LogP) is 21.5. The van der Waals surface area contributed by atoms with Crippen LogP contribution in [0.5, 0.6) is 0 Å². The van der Waals surface area contributed by atoms with Gasteiger partial charge in [0.25, 0.3) is 0 Å². The number of quaternary nitrogens is 1. The summed E-state index contributed by atoms with van der Waals surface area (Å²) in [6.45, 7) is 10.6. The van der Waals surface area contributed by atoms with Crippen LogP contribution in [0, 0.1) is 0 Å². The van der Waals surface area contributed by atoms with Gasteiger partial charge in [-0.25, -0.2) is 8.42 Å². The summed E-state index contributed by atoms with van der Waals surface area (Å²) in [4.78, 5) is 0. The van der Waals surface area contributed by atoms with Crippen molar-refractivity contribution in [1.82, 2.24) is 0 Å². The van der Waals surface area contributed by atoms with Crippen LogP contribution in [-0.2, 0) is 10.1 Å². The van der Waals surface area contributed by atoms with E-state index in [1.165, 1.54) is 347 Å². The van der Waals surface area contributed by atoms with Crippen molar-refractivity contribution >= 4 is 10.1 Å². The van der Waals surface area contributed by atoms with Gasteiger partial charge in [0.05, 0.1) is 31.9 Å². The largest absolute Gasteiger partial charge is 0.748 e. The van der Waals surface area contributed by atoms with Gasteiger partial charge in [0, 0.05) is 0 Å². The monoisotopic (exact) mass is 966 g/mol. The van der Waals surface area contributed by atoms with Crippen molar-refractivity contribution in [3.05, 3.63) is 0 Å². The Morgan fingerprint density at radius 3 is 0.493 bits per heavy atom. The van der Waals surface area contributed by atoms with Gasteiger partial charge in [0.15, 0.2) is 0 Å². The number of unbranched alkanes of at least 4 members (excludes halogenated alkanes) is 51. The van der Waals surface area contributed by atoms with Crippen molar-refractivity contribution in [2.45, 2.75) is 367 Å². The second kappa shape index (κ2) is 55.2.